The lowest BCUT2D eigenvalue weighted by Crippen LogP contribution is -2.45. The van der Waals surface area contributed by atoms with E-state index in [2.05, 4.69) is 15.4 Å². The first-order chi connectivity index (χ1) is 12.8. The van der Waals surface area contributed by atoms with Crippen LogP contribution in [0.1, 0.15) is 30.6 Å². The molecule has 0 saturated carbocycles. The van der Waals surface area contributed by atoms with Crippen LogP contribution in [-0.4, -0.2) is 32.8 Å². The van der Waals surface area contributed by atoms with Crippen molar-refractivity contribution in [1.82, 2.24) is 10.6 Å². The van der Waals surface area contributed by atoms with Gasteiger partial charge in [-0.15, -0.1) is 0 Å². The van der Waals surface area contributed by atoms with Gasteiger partial charge >= 0.3 is 0 Å². The van der Waals surface area contributed by atoms with Gasteiger partial charge in [-0.05, 0) is 43.7 Å². The van der Waals surface area contributed by atoms with Gasteiger partial charge in [0.05, 0.1) is 4.90 Å². The average Bonchev–Trinajstić information content (AvgIpc) is 2.66. The number of rotatable bonds is 8. The number of amides is 2. The molecule has 2 aromatic rings. The molecule has 1 atom stereocenters. The summed E-state index contributed by atoms with van der Waals surface area (Å²) in [5, 5.41) is 5.30. The van der Waals surface area contributed by atoms with E-state index in [0.29, 0.717) is 6.54 Å². The van der Waals surface area contributed by atoms with Crippen LogP contribution in [0, 0.1) is 0 Å². The molecule has 0 aliphatic carbocycles. The van der Waals surface area contributed by atoms with Gasteiger partial charge in [-0.1, -0.05) is 31.2 Å². The molecule has 27 heavy (non-hydrogen) atoms. The van der Waals surface area contributed by atoms with Crippen molar-refractivity contribution >= 4 is 27.5 Å². The zero-order valence-electron chi connectivity index (χ0n) is 15.2. The predicted octanol–water partition coefficient (Wildman–Crippen LogP) is 2.13. The van der Waals surface area contributed by atoms with Gasteiger partial charge in [0.1, 0.15) is 6.04 Å². The molecule has 0 bridgehead atoms. The zero-order chi connectivity index (χ0) is 19.9. The maximum atomic E-state index is 12.4. The summed E-state index contributed by atoms with van der Waals surface area (Å²) in [6.07, 6.45) is 0.802. The Balaban J connectivity index is 2.08. The summed E-state index contributed by atoms with van der Waals surface area (Å²) < 4.78 is 27.2. The van der Waals surface area contributed by atoms with Crippen LogP contribution in [0.25, 0.3) is 0 Å². The summed E-state index contributed by atoms with van der Waals surface area (Å²) in [5.74, 6) is -0.735. The molecule has 2 rings (SSSR count). The van der Waals surface area contributed by atoms with E-state index in [0.717, 1.165) is 6.42 Å². The smallest absolute Gasteiger partial charge is 0.261 e. The van der Waals surface area contributed by atoms with Gasteiger partial charge in [-0.3, -0.25) is 14.3 Å². The SMILES string of the molecule is CCCNC(=O)[C@@H](C)NC(=O)c1cccc(NS(=O)(=O)c2ccccc2)c1. The van der Waals surface area contributed by atoms with Gasteiger partial charge in [0.25, 0.3) is 15.9 Å². The number of carbonyl (C=O) groups excluding carboxylic acids is 2. The van der Waals surface area contributed by atoms with Crippen LogP contribution < -0.4 is 15.4 Å². The van der Waals surface area contributed by atoms with Crippen molar-refractivity contribution < 1.29 is 18.0 Å². The Morgan fingerprint density at radius 2 is 1.74 bits per heavy atom. The third kappa shape index (κ3) is 5.82. The number of anilines is 1. The quantitative estimate of drug-likeness (QED) is 0.643. The molecular formula is C19H23N3O4S. The van der Waals surface area contributed by atoms with Gasteiger partial charge < -0.3 is 10.6 Å². The maximum Gasteiger partial charge on any atom is 0.261 e. The Hall–Kier alpha value is -2.87. The molecule has 0 saturated heterocycles. The largest absolute Gasteiger partial charge is 0.354 e. The Bertz CT molecular complexity index is 898. The summed E-state index contributed by atoms with van der Waals surface area (Å²) in [6, 6.07) is 13.3. The Kier molecular flexibility index (Phi) is 6.95. The lowest BCUT2D eigenvalue weighted by molar-refractivity contribution is -0.122. The second-order valence-corrected chi connectivity index (χ2v) is 7.67. The third-order valence-electron chi connectivity index (χ3n) is 3.72. The number of benzene rings is 2. The Labute approximate surface area is 159 Å². The molecule has 0 aliphatic heterocycles. The molecule has 144 valence electrons. The predicted molar refractivity (Wildman–Crippen MR) is 104 cm³/mol. The number of nitrogens with one attached hydrogen (secondary N) is 3. The van der Waals surface area contributed by atoms with Crippen molar-refractivity contribution in [3.05, 3.63) is 60.2 Å². The first-order valence-corrected chi connectivity index (χ1v) is 10.1. The summed E-state index contributed by atoms with van der Waals surface area (Å²) >= 11 is 0. The van der Waals surface area contributed by atoms with Crippen LogP contribution in [0.3, 0.4) is 0 Å². The van der Waals surface area contributed by atoms with E-state index < -0.39 is 22.0 Å². The van der Waals surface area contributed by atoms with Crippen LogP contribution in [0.15, 0.2) is 59.5 Å². The standard InChI is InChI=1S/C19H23N3O4S/c1-3-12-20-18(23)14(2)21-19(24)15-8-7-9-16(13-15)22-27(25,26)17-10-5-4-6-11-17/h4-11,13-14,22H,3,12H2,1-2H3,(H,20,23)(H,21,24)/t14-/m1/s1. The number of hydrogen-bond acceptors (Lipinski definition) is 4. The lowest BCUT2D eigenvalue weighted by atomic mass is 10.2. The molecule has 0 aromatic heterocycles. The molecule has 0 radical (unpaired) electrons. The highest BCUT2D eigenvalue weighted by Gasteiger charge is 2.18. The first-order valence-electron chi connectivity index (χ1n) is 8.60. The maximum absolute atomic E-state index is 12.4. The monoisotopic (exact) mass is 389 g/mol. The van der Waals surface area contributed by atoms with Gasteiger partial charge in [0.15, 0.2) is 0 Å². The molecule has 0 aliphatic rings. The molecule has 3 N–H and O–H groups in total. The fourth-order valence-electron chi connectivity index (χ4n) is 2.28. The van der Waals surface area contributed by atoms with E-state index in [1.165, 1.54) is 18.2 Å². The van der Waals surface area contributed by atoms with Crippen molar-refractivity contribution in [3.63, 3.8) is 0 Å². The molecular weight excluding hydrogens is 366 g/mol. The van der Waals surface area contributed by atoms with Crippen molar-refractivity contribution in [2.75, 3.05) is 11.3 Å². The van der Waals surface area contributed by atoms with E-state index in [4.69, 9.17) is 0 Å². The van der Waals surface area contributed by atoms with Crippen molar-refractivity contribution in [1.29, 1.82) is 0 Å². The van der Waals surface area contributed by atoms with E-state index in [1.807, 2.05) is 6.92 Å². The zero-order valence-corrected chi connectivity index (χ0v) is 16.0. The molecule has 0 fully saturated rings. The lowest BCUT2D eigenvalue weighted by Gasteiger charge is -2.14. The van der Waals surface area contributed by atoms with Gasteiger partial charge in [0, 0.05) is 17.8 Å². The highest BCUT2D eigenvalue weighted by molar-refractivity contribution is 7.92. The summed E-state index contributed by atoms with van der Waals surface area (Å²) in [4.78, 5) is 24.3. The summed E-state index contributed by atoms with van der Waals surface area (Å²) in [7, 11) is -3.75. The van der Waals surface area contributed by atoms with Gasteiger partial charge in [-0.2, -0.15) is 0 Å². The minimum absolute atomic E-state index is 0.126. The van der Waals surface area contributed by atoms with E-state index in [9.17, 15) is 18.0 Å². The molecule has 0 spiro atoms. The van der Waals surface area contributed by atoms with Crippen LogP contribution in [0.2, 0.25) is 0 Å². The Morgan fingerprint density at radius 3 is 2.41 bits per heavy atom. The number of carbonyl (C=O) groups is 2. The fourth-order valence-corrected chi connectivity index (χ4v) is 3.36. The number of sulfonamides is 1. The highest BCUT2D eigenvalue weighted by atomic mass is 32.2. The van der Waals surface area contributed by atoms with Gasteiger partial charge in [0.2, 0.25) is 5.91 Å². The molecule has 0 heterocycles. The van der Waals surface area contributed by atoms with Crippen molar-refractivity contribution in [3.8, 4) is 0 Å². The van der Waals surface area contributed by atoms with Gasteiger partial charge in [-0.25, -0.2) is 8.42 Å². The van der Waals surface area contributed by atoms with Crippen LogP contribution in [0.4, 0.5) is 5.69 Å². The average molecular weight is 389 g/mol. The van der Waals surface area contributed by atoms with Crippen LogP contribution >= 0.6 is 0 Å². The van der Waals surface area contributed by atoms with Crippen molar-refractivity contribution in [2.45, 2.75) is 31.2 Å². The normalized spacial score (nSPS) is 12.1. The van der Waals surface area contributed by atoms with E-state index >= 15 is 0 Å². The van der Waals surface area contributed by atoms with E-state index in [-0.39, 0.29) is 22.1 Å². The molecule has 7 nitrogen and oxygen atoms in total. The fraction of sp³-hybridized carbons (Fsp3) is 0.263. The minimum Gasteiger partial charge on any atom is -0.354 e. The van der Waals surface area contributed by atoms with Crippen LogP contribution in [-0.2, 0) is 14.8 Å². The van der Waals surface area contributed by atoms with Crippen LogP contribution in [0.5, 0.6) is 0 Å². The summed E-state index contributed by atoms with van der Waals surface area (Å²) in [5.41, 5.74) is 0.507. The van der Waals surface area contributed by atoms with Crippen molar-refractivity contribution in [2.24, 2.45) is 0 Å². The topological polar surface area (TPSA) is 104 Å². The first kappa shape index (κ1) is 20.4. The molecule has 8 heteroatoms. The third-order valence-corrected chi connectivity index (χ3v) is 5.12. The minimum atomic E-state index is -3.75. The Morgan fingerprint density at radius 1 is 1.04 bits per heavy atom. The molecule has 2 amide bonds. The second kappa shape index (κ2) is 9.18. The van der Waals surface area contributed by atoms with E-state index in [1.54, 1.807) is 43.3 Å². The second-order valence-electron chi connectivity index (χ2n) is 5.99. The molecule has 2 aromatic carbocycles. The molecule has 0 unspecified atom stereocenters. The summed E-state index contributed by atoms with van der Waals surface area (Å²) in [6.45, 7) is 4.06. The number of hydrogen-bond donors (Lipinski definition) is 3. The highest BCUT2D eigenvalue weighted by Crippen LogP contribution is 2.17.